The number of carbonyl (C=O) groups is 1. The lowest BCUT2D eigenvalue weighted by atomic mass is 9.95. The average Bonchev–Trinajstić information content (AvgIpc) is 2.67. The van der Waals surface area contributed by atoms with E-state index in [9.17, 15) is 9.59 Å². The predicted molar refractivity (Wildman–Crippen MR) is 112 cm³/mol. The monoisotopic (exact) mass is 407 g/mol. The van der Waals surface area contributed by atoms with Gasteiger partial charge in [-0.05, 0) is 44.9 Å². The van der Waals surface area contributed by atoms with Crippen LogP contribution in [0.5, 0.6) is 0 Å². The topological polar surface area (TPSA) is 55.2 Å². The quantitative estimate of drug-likeness (QED) is 0.522. The summed E-state index contributed by atoms with van der Waals surface area (Å²) >= 11 is 7.46. The molecule has 1 amide bonds. The summed E-state index contributed by atoms with van der Waals surface area (Å²) in [6, 6.07) is 5.36. The molecule has 2 aromatic rings. The minimum atomic E-state index is -0.0265. The lowest BCUT2D eigenvalue weighted by molar-refractivity contribution is -0.127. The molecular weight excluding hydrogens is 382 g/mol. The lowest BCUT2D eigenvalue weighted by Gasteiger charge is -2.26. The van der Waals surface area contributed by atoms with E-state index >= 15 is 0 Å². The summed E-state index contributed by atoms with van der Waals surface area (Å²) in [4.78, 5) is 32.2. The summed E-state index contributed by atoms with van der Waals surface area (Å²) in [5.41, 5.74) is 0.568. The first-order valence-electron chi connectivity index (χ1n) is 9.67. The first-order chi connectivity index (χ1) is 13.0. The Morgan fingerprint density at radius 3 is 2.63 bits per heavy atom. The zero-order valence-corrected chi connectivity index (χ0v) is 17.5. The van der Waals surface area contributed by atoms with E-state index in [2.05, 4.69) is 0 Å². The van der Waals surface area contributed by atoms with Gasteiger partial charge in [-0.15, -0.1) is 0 Å². The zero-order valence-electron chi connectivity index (χ0n) is 15.9. The Morgan fingerprint density at radius 2 is 1.96 bits per heavy atom. The molecule has 1 aliphatic rings. The predicted octanol–water partition coefficient (Wildman–Crippen LogP) is 4.52. The summed E-state index contributed by atoms with van der Waals surface area (Å²) in [6.07, 6.45) is 5.43. The number of hydrogen-bond donors (Lipinski definition) is 0. The molecule has 146 valence electrons. The third kappa shape index (κ3) is 4.49. The summed E-state index contributed by atoms with van der Waals surface area (Å²) in [5, 5.41) is 1.77. The van der Waals surface area contributed by atoms with Crippen molar-refractivity contribution >= 4 is 40.2 Å². The first-order valence-corrected chi connectivity index (χ1v) is 11.0. The maximum Gasteiger partial charge on any atom is 0.262 e. The molecule has 1 heterocycles. The van der Waals surface area contributed by atoms with Crippen molar-refractivity contribution < 1.29 is 4.79 Å². The van der Waals surface area contributed by atoms with Crippen LogP contribution in [0.1, 0.15) is 52.0 Å². The van der Waals surface area contributed by atoms with Crippen molar-refractivity contribution in [3.05, 3.63) is 33.6 Å². The number of carbonyl (C=O) groups excluding carboxylic acids is 1. The van der Waals surface area contributed by atoms with Gasteiger partial charge in [0.2, 0.25) is 5.91 Å². The van der Waals surface area contributed by atoms with Gasteiger partial charge in [0.05, 0.1) is 16.7 Å². The van der Waals surface area contributed by atoms with Gasteiger partial charge in [0.1, 0.15) is 0 Å². The number of hydrogen-bond acceptors (Lipinski definition) is 4. The highest BCUT2D eigenvalue weighted by Gasteiger charge is 2.23. The molecule has 5 nitrogen and oxygen atoms in total. The lowest BCUT2D eigenvalue weighted by Crippen LogP contribution is -2.33. The van der Waals surface area contributed by atoms with Crippen LogP contribution in [0.3, 0.4) is 0 Å². The molecule has 1 aromatic heterocycles. The van der Waals surface area contributed by atoms with E-state index in [1.54, 1.807) is 23.1 Å². The van der Waals surface area contributed by atoms with Crippen molar-refractivity contribution in [2.24, 2.45) is 0 Å². The standard InChI is InChI=1S/C20H26ClN3O2S/c1-3-23(4-2)18(25)13-27-20-22-17-12-14(21)10-11-16(17)19(26)24(20)15-8-6-5-7-9-15/h10-12,15H,3-9,13H2,1-2H3. The smallest absolute Gasteiger partial charge is 0.262 e. The van der Waals surface area contributed by atoms with Crippen molar-refractivity contribution in [1.29, 1.82) is 0 Å². The molecule has 1 aliphatic carbocycles. The van der Waals surface area contributed by atoms with Crippen LogP contribution in [0.2, 0.25) is 5.02 Å². The van der Waals surface area contributed by atoms with Crippen LogP contribution < -0.4 is 5.56 Å². The highest BCUT2D eigenvalue weighted by molar-refractivity contribution is 7.99. The molecule has 0 atom stereocenters. The molecule has 1 saturated carbocycles. The number of thioether (sulfide) groups is 1. The van der Waals surface area contributed by atoms with Crippen LogP contribution >= 0.6 is 23.4 Å². The minimum absolute atomic E-state index is 0.0265. The SMILES string of the molecule is CCN(CC)C(=O)CSc1nc2cc(Cl)ccc2c(=O)n1C1CCCCC1. The number of nitrogens with zero attached hydrogens (tertiary/aromatic N) is 3. The van der Waals surface area contributed by atoms with E-state index in [0.717, 1.165) is 25.7 Å². The normalized spacial score (nSPS) is 15.2. The van der Waals surface area contributed by atoms with Gasteiger partial charge < -0.3 is 4.90 Å². The van der Waals surface area contributed by atoms with E-state index in [0.29, 0.717) is 34.2 Å². The molecule has 0 saturated heterocycles. The van der Waals surface area contributed by atoms with Gasteiger partial charge >= 0.3 is 0 Å². The van der Waals surface area contributed by atoms with Gasteiger partial charge in [0, 0.05) is 24.2 Å². The van der Waals surface area contributed by atoms with Crippen molar-refractivity contribution in [3.63, 3.8) is 0 Å². The van der Waals surface area contributed by atoms with Crippen LogP contribution in [0.25, 0.3) is 10.9 Å². The molecule has 27 heavy (non-hydrogen) atoms. The molecule has 0 N–H and O–H groups in total. The molecular formula is C20H26ClN3O2S. The molecule has 0 unspecified atom stereocenters. The number of amides is 1. The van der Waals surface area contributed by atoms with Crippen LogP contribution in [0, 0.1) is 0 Å². The second-order valence-corrected chi connectivity index (χ2v) is 8.26. The van der Waals surface area contributed by atoms with Crippen LogP contribution in [-0.4, -0.2) is 39.2 Å². The second kappa shape index (κ2) is 9.11. The summed E-state index contributed by atoms with van der Waals surface area (Å²) < 4.78 is 1.83. The van der Waals surface area contributed by atoms with E-state index in [1.807, 2.05) is 18.4 Å². The van der Waals surface area contributed by atoms with Crippen molar-refractivity contribution in [2.75, 3.05) is 18.8 Å². The third-order valence-corrected chi connectivity index (χ3v) is 6.38. The van der Waals surface area contributed by atoms with E-state index in [1.165, 1.54) is 18.2 Å². The molecule has 7 heteroatoms. The Kier molecular flexibility index (Phi) is 6.82. The van der Waals surface area contributed by atoms with Gasteiger partial charge in [-0.3, -0.25) is 14.2 Å². The fraction of sp³-hybridized carbons (Fsp3) is 0.550. The second-order valence-electron chi connectivity index (χ2n) is 6.88. The molecule has 0 aliphatic heterocycles. The van der Waals surface area contributed by atoms with Gasteiger partial charge in [0.25, 0.3) is 5.56 Å². The molecule has 3 rings (SSSR count). The van der Waals surface area contributed by atoms with Gasteiger partial charge in [-0.1, -0.05) is 42.6 Å². The van der Waals surface area contributed by atoms with Gasteiger partial charge in [-0.2, -0.15) is 0 Å². The van der Waals surface area contributed by atoms with E-state index in [4.69, 9.17) is 16.6 Å². The Hall–Kier alpha value is -1.53. The highest BCUT2D eigenvalue weighted by atomic mass is 35.5. The maximum absolute atomic E-state index is 13.2. The molecule has 1 aromatic carbocycles. The minimum Gasteiger partial charge on any atom is -0.343 e. The fourth-order valence-corrected chi connectivity index (χ4v) is 4.84. The number of rotatable bonds is 6. The Morgan fingerprint density at radius 1 is 1.26 bits per heavy atom. The highest BCUT2D eigenvalue weighted by Crippen LogP contribution is 2.31. The molecule has 0 bridgehead atoms. The Bertz CT molecular complexity index is 873. The summed E-state index contributed by atoms with van der Waals surface area (Å²) in [7, 11) is 0. The van der Waals surface area contributed by atoms with Gasteiger partial charge in [-0.25, -0.2) is 4.98 Å². The largest absolute Gasteiger partial charge is 0.343 e. The van der Waals surface area contributed by atoms with Crippen molar-refractivity contribution in [3.8, 4) is 0 Å². The van der Waals surface area contributed by atoms with Crippen LogP contribution in [0.4, 0.5) is 0 Å². The summed E-state index contributed by atoms with van der Waals surface area (Å²) in [6.45, 7) is 5.32. The number of aromatic nitrogens is 2. The maximum atomic E-state index is 13.2. The Balaban J connectivity index is 2.00. The number of benzene rings is 1. The van der Waals surface area contributed by atoms with E-state index in [-0.39, 0.29) is 23.3 Å². The van der Waals surface area contributed by atoms with Crippen LogP contribution in [0.15, 0.2) is 28.2 Å². The fourth-order valence-electron chi connectivity index (χ4n) is 3.71. The van der Waals surface area contributed by atoms with Crippen molar-refractivity contribution in [2.45, 2.75) is 57.1 Å². The molecule has 0 spiro atoms. The molecule has 1 fully saturated rings. The Labute approximate surface area is 169 Å². The van der Waals surface area contributed by atoms with Crippen LogP contribution in [-0.2, 0) is 4.79 Å². The van der Waals surface area contributed by atoms with Gasteiger partial charge in [0.15, 0.2) is 5.16 Å². The number of halogens is 1. The van der Waals surface area contributed by atoms with E-state index < -0.39 is 0 Å². The molecule has 0 radical (unpaired) electrons. The first kappa shape index (κ1) is 20.2. The van der Waals surface area contributed by atoms with Crippen molar-refractivity contribution in [1.82, 2.24) is 14.5 Å². The zero-order chi connectivity index (χ0) is 19.4. The third-order valence-electron chi connectivity index (χ3n) is 5.21. The number of fused-ring (bicyclic) bond motifs is 1. The average molecular weight is 408 g/mol. The summed E-state index contributed by atoms with van der Waals surface area (Å²) in [5.74, 6) is 0.355.